The average molecular weight is 161 g/mol. The van der Waals surface area contributed by atoms with Crippen LogP contribution in [0, 0.1) is 12.3 Å². The molecule has 0 amide bonds. The maximum absolute atomic E-state index is 4.83. The van der Waals surface area contributed by atoms with Gasteiger partial charge in [0.15, 0.2) is 0 Å². The molecule has 0 radical (unpaired) electrons. The Kier molecular flexibility index (Phi) is 3.66. The Morgan fingerprint density at radius 2 is 2.25 bits per heavy atom. The van der Waals surface area contributed by atoms with Crippen LogP contribution in [0.25, 0.3) is 0 Å². The number of hydrogen-bond acceptors (Lipinski definition) is 0. The van der Waals surface area contributed by atoms with Crippen molar-refractivity contribution in [2.45, 2.75) is 4.44 Å². The van der Waals surface area contributed by atoms with E-state index in [0.717, 1.165) is 27.0 Å². The summed E-state index contributed by atoms with van der Waals surface area (Å²) in [4.78, 5) is 0. The normalized spacial score (nSPS) is 5.75. The minimum atomic E-state index is 0.749. The Hall–Kier alpha value is 0.359. The first-order valence-electron chi connectivity index (χ1n) is 1.35. The van der Waals surface area contributed by atoms with Crippen molar-refractivity contribution < 1.29 is 0 Å². The van der Waals surface area contributed by atoms with Gasteiger partial charge in [-0.05, 0) is 0 Å². The summed E-state index contributed by atoms with van der Waals surface area (Å²) >= 11 is 0.749. The Morgan fingerprint density at radius 1 is 2.00 bits per heavy atom. The van der Waals surface area contributed by atoms with E-state index in [1.54, 1.807) is 0 Å². The molecule has 0 rings (SSSR count). The van der Waals surface area contributed by atoms with Crippen molar-refractivity contribution in [2.24, 2.45) is 0 Å². The summed E-state index contributed by atoms with van der Waals surface area (Å²) in [5, 5.41) is 0. The van der Waals surface area contributed by atoms with Crippen molar-refractivity contribution >= 4 is 22.5 Å². The quantitative estimate of drug-likeness (QED) is 0.328. The van der Waals surface area contributed by atoms with Crippen LogP contribution in [-0.4, -0.2) is 22.5 Å². The monoisotopic (exact) mass is 162 g/mol. The molecule has 0 aliphatic heterocycles. The summed E-state index contributed by atoms with van der Waals surface area (Å²) < 4.78 is 1.06. The molecule has 0 heterocycles. The second kappa shape index (κ2) is 3.36. The third kappa shape index (κ3) is 2.36. The summed E-state index contributed by atoms with van der Waals surface area (Å²) in [6.45, 7) is 0. The van der Waals surface area contributed by atoms with Crippen molar-refractivity contribution in [3.8, 4) is 12.3 Å². The maximum atomic E-state index is 4.83. The molecule has 0 aromatic heterocycles. The third-order valence-corrected chi connectivity index (χ3v) is 1.37. The van der Waals surface area contributed by atoms with Gasteiger partial charge >= 0.3 is 39.3 Å². The molecule has 0 saturated carbocycles. The Bertz CT molecular complexity index is 33.0. The van der Waals surface area contributed by atoms with E-state index < -0.39 is 0 Å². The Morgan fingerprint density at radius 3 is 2.25 bits per heavy atom. The Balaban J connectivity index is 2.43. The van der Waals surface area contributed by atoms with E-state index in [-0.39, 0.29) is 0 Å². The van der Waals surface area contributed by atoms with Crippen molar-refractivity contribution in [1.82, 2.24) is 0 Å². The molecule has 4 heavy (non-hydrogen) atoms. The second-order valence-corrected chi connectivity index (χ2v) is 2.58. The van der Waals surface area contributed by atoms with E-state index >= 15 is 0 Å². The standard InChI is InChI=1S/C3H3.Sn.3H/c1-3-2;;;;/h1H,2H2;;;;. The van der Waals surface area contributed by atoms with Crippen LogP contribution in [0.2, 0.25) is 4.44 Å². The van der Waals surface area contributed by atoms with Gasteiger partial charge < -0.3 is 0 Å². The van der Waals surface area contributed by atoms with Gasteiger partial charge in [0.05, 0.1) is 0 Å². The zero-order chi connectivity index (χ0) is 3.41. The molecule has 0 aromatic rings. The molecule has 0 spiro atoms. The molecule has 0 N–H and O–H groups in total. The SMILES string of the molecule is C#C[CH2][SnH3]. The fourth-order valence-electron chi connectivity index (χ4n) is 0. The second-order valence-electron chi connectivity index (χ2n) is 0.558. The molecule has 0 aliphatic rings. The van der Waals surface area contributed by atoms with Crippen LogP contribution in [0.5, 0.6) is 0 Å². The van der Waals surface area contributed by atoms with Crippen molar-refractivity contribution in [2.75, 3.05) is 0 Å². The van der Waals surface area contributed by atoms with Crippen LogP contribution in [0.1, 0.15) is 0 Å². The van der Waals surface area contributed by atoms with E-state index in [1.165, 1.54) is 0 Å². The third-order valence-electron chi connectivity index (χ3n) is 0.204. The number of rotatable bonds is 0. The molecule has 0 aliphatic carbocycles. The van der Waals surface area contributed by atoms with Gasteiger partial charge in [-0.3, -0.25) is 0 Å². The molecule has 0 unspecified atom stereocenters. The van der Waals surface area contributed by atoms with E-state index in [1.807, 2.05) is 0 Å². The predicted octanol–water partition coefficient (Wildman–Crippen LogP) is -0.597. The molecule has 22 valence electrons. The fraction of sp³-hybridized carbons (Fsp3) is 0.333. The van der Waals surface area contributed by atoms with Crippen LogP contribution < -0.4 is 0 Å². The van der Waals surface area contributed by atoms with Crippen LogP contribution >= 0.6 is 0 Å². The van der Waals surface area contributed by atoms with Crippen LogP contribution in [0.4, 0.5) is 0 Å². The van der Waals surface area contributed by atoms with Gasteiger partial charge in [0.2, 0.25) is 0 Å². The van der Waals surface area contributed by atoms with E-state index in [0.29, 0.717) is 0 Å². The minimum absolute atomic E-state index is 0.749. The van der Waals surface area contributed by atoms with Gasteiger partial charge in [0, 0.05) is 0 Å². The van der Waals surface area contributed by atoms with Crippen LogP contribution in [0.3, 0.4) is 0 Å². The predicted molar refractivity (Wildman–Crippen MR) is 23.6 cm³/mol. The van der Waals surface area contributed by atoms with Crippen molar-refractivity contribution in [3.63, 3.8) is 0 Å². The zero-order valence-corrected chi connectivity index (χ0v) is 8.49. The molecule has 0 saturated heterocycles. The number of hydrogen-bond donors (Lipinski definition) is 0. The summed E-state index contributed by atoms with van der Waals surface area (Å²) in [6.07, 6.45) is 4.83. The summed E-state index contributed by atoms with van der Waals surface area (Å²) in [6, 6.07) is 0. The molecule has 0 atom stereocenters. The van der Waals surface area contributed by atoms with Crippen LogP contribution in [0.15, 0.2) is 0 Å². The van der Waals surface area contributed by atoms with Gasteiger partial charge in [-0.2, -0.15) is 0 Å². The zero-order valence-electron chi connectivity index (χ0n) is 2.78. The summed E-state index contributed by atoms with van der Waals surface area (Å²) in [7, 11) is 0. The molecule has 0 bridgehead atoms. The molecule has 0 aromatic carbocycles. The first-order chi connectivity index (χ1) is 1.91. The first kappa shape index (κ1) is 4.36. The average Bonchev–Trinajstić information content (AvgIpc) is 1.37. The first-order valence-corrected chi connectivity index (χ1v) is 5.39. The fourth-order valence-corrected chi connectivity index (χ4v) is 0. The summed E-state index contributed by atoms with van der Waals surface area (Å²) in [5.74, 6) is 2.52. The van der Waals surface area contributed by atoms with Crippen molar-refractivity contribution in [1.29, 1.82) is 0 Å². The molecule has 1 heteroatoms. The molecule has 0 fully saturated rings. The van der Waals surface area contributed by atoms with Crippen LogP contribution in [-0.2, 0) is 0 Å². The van der Waals surface area contributed by atoms with Gasteiger partial charge in [-0.1, -0.05) is 0 Å². The number of terminal acetylenes is 1. The molecular formula is C3H6Sn. The van der Waals surface area contributed by atoms with Gasteiger partial charge in [0.25, 0.3) is 0 Å². The van der Waals surface area contributed by atoms with E-state index in [9.17, 15) is 0 Å². The Labute approximate surface area is 39.7 Å². The van der Waals surface area contributed by atoms with E-state index in [2.05, 4.69) is 5.92 Å². The van der Waals surface area contributed by atoms with Gasteiger partial charge in [0.1, 0.15) is 0 Å². The molecule has 0 nitrogen and oxygen atoms in total. The van der Waals surface area contributed by atoms with Gasteiger partial charge in [-0.15, -0.1) is 0 Å². The topological polar surface area (TPSA) is 0 Å². The van der Waals surface area contributed by atoms with Gasteiger partial charge in [-0.25, -0.2) is 0 Å². The van der Waals surface area contributed by atoms with Crippen molar-refractivity contribution in [3.05, 3.63) is 0 Å². The summed E-state index contributed by atoms with van der Waals surface area (Å²) in [5.41, 5.74) is 0. The molecular weight excluding hydrogens is 155 g/mol. The van der Waals surface area contributed by atoms with E-state index in [4.69, 9.17) is 6.42 Å².